The largest absolute Gasteiger partial charge is 0.314 e. The summed E-state index contributed by atoms with van der Waals surface area (Å²) in [6, 6.07) is 60.6. The van der Waals surface area contributed by atoms with E-state index >= 15 is 0 Å². The lowest BCUT2D eigenvalue weighted by Gasteiger charge is -2.29. The SMILES string of the molecule is C/C(=C\c1c(C)c2ccccc2n1-c1ccccc1)N(c1ccc(-c2ccc3c(c2)-c2ccccc2C3(C)C)cc1)c1ccc2c(c1)C(C)(C)c1ccccc1-2. The van der Waals surface area contributed by atoms with Crippen LogP contribution in [-0.2, 0) is 10.8 Å². The van der Waals surface area contributed by atoms with Crippen LogP contribution >= 0.6 is 0 Å². The van der Waals surface area contributed by atoms with E-state index in [0.717, 1.165) is 22.8 Å². The zero-order chi connectivity index (χ0) is 38.3. The molecule has 1 aromatic heterocycles. The van der Waals surface area contributed by atoms with Gasteiger partial charge in [0.1, 0.15) is 0 Å². The van der Waals surface area contributed by atoms with E-state index in [1.807, 2.05) is 0 Å². The van der Waals surface area contributed by atoms with Gasteiger partial charge in [-0.1, -0.05) is 143 Å². The molecule has 56 heavy (non-hydrogen) atoms. The first-order valence-electron chi connectivity index (χ1n) is 19.9. The van der Waals surface area contributed by atoms with Crippen LogP contribution in [-0.4, -0.2) is 4.57 Å². The quantitative estimate of drug-likeness (QED) is 0.166. The van der Waals surface area contributed by atoms with Gasteiger partial charge in [-0.3, -0.25) is 0 Å². The zero-order valence-electron chi connectivity index (χ0n) is 33.1. The molecule has 1 heterocycles. The van der Waals surface area contributed by atoms with E-state index in [-0.39, 0.29) is 10.8 Å². The predicted molar refractivity (Wildman–Crippen MR) is 237 cm³/mol. The smallest absolute Gasteiger partial charge is 0.0537 e. The first kappa shape index (κ1) is 34.1. The molecule has 0 aliphatic heterocycles. The molecule has 0 saturated heterocycles. The van der Waals surface area contributed by atoms with E-state index in [1.165, 1.54) is 77.8 Å². The Morgan fingerprint density at radius 3 is 1.79 bits per heavy atom. The summed E-state index contributed by atoms with van der Waals surface area (Å²) in [7, 11) is 0. The molecule has 2 aliphatic carbocycles. The molecule has 0 saturated carbocycles. The molecule has 0 unspecified atom stereocenters. The number of anilines is 2. The molecular weight excluding hydrogens is 677 g/mol. The fourth-order valence-electron chi connectivity index (χ4n) is 9.80. The molecule has 2 nitrogen and oxygen atoms in total. The fourth-order valence-corrected chi connectivity index (χ4v) is 9.80. The van der Waals surface area contributed by atoms with Gasteiger partial charge in [0.15, 0.2) is 0 Å². The number of nitrogens with zero attached hydrogens (tertiary/aromatic N) is 2. The topological polar surface area (TPSA) is 8.17 Å². The average molecular weight is 723 g/mol. The monoisotopic (exact) mass is 722 g/mol. The summed E-state index contributed by atoms with van der Waals surface area (Å²) in [6.07, 6.45) is 2.38. The minimum absolute atomic E-state index is 0.00492. The molecule has 0 bridgehead atoms. The van der Waals surface area contributed by atoms with E-state index in [4.69, 9.17) is 0 Å². The third-order valence-corrected chi connectivity index (χ3v) is 12.8. The fraction of sp³-hybridized carbons (Fsp3) is 0.148. The van der Waals surface area contributed by atoms with Crippen molar-refractivity contribution in [2.24, 2.45) is 0 Å². The molecule has 0 N–H and O–H groups in total. The average Bonchev–Trinajstić information content (AvgIpc) is 3.73. The van der Waals surface area contributed by atoms with E-state index in [1.54, 1.807) is 0 Å². The normalized spacial score (nSPS) is 14.6. The predicted octanol–water partition coefficient (Wildman–Crippen LogP) is 14.4. The van der Waals surface area contributed by atoms with Crippen molar-refractivity contribution in [3.8, 4) is 39.1 Å². The highest BCUT2D eigenvalue weighted by Gasteiger charge is 2.37. The van der Waals surface area contributed by atoms with Crippen LogP contribution in [0.4, 0.5) is 11.4 Å². The van der Waals surface area contributed by atoms with E-state index in [9.17, 15) is 0 Å². The third kappa shape index (κ3) is 5.09. The second kappa shape index (κ2) is 12.6. The molecule has 0 amide bonds. The van der Waals surface area contributed by atoms with Gasteiger partial charge < -0.3 is 9.47 Å². The highest BCUT2D eigenvalue weighted by molar-refractivity contribution is 5.91. The minimum atomic E-state index is -0.105. The molecule has 0 atom stereocenters. The number of rotatable bonds is 6. The Kier molecular flexibility index (Phi) is 7.67. The molecular formula is C54H46N2. The maximum absolute atomic E-state index is 2.44. The van der Waals surface area contributed by atoms with Gasteiger partial charge in [-0.25, -0.2) is 0 Å². The number of hydrogen-bond donors (Lipinski definition) is 0. The second-order valence-corrected chi connectivity index (χ2v) is 16.7. The van der Waals surface area contributed by atoms with Crippen molar-refractivity contribution in [3.05, 3.63) is 203 Å². The van der Waals surface area contributed by atoms with Crippen LogP contribution in [0.2, 0.25) is 0 Å². The van der Waals surface area contributed by atoms with Crippen LogP contribution < -0.4 is 4.90 Å². The number of benzene rings is 7. The number of allylic oxidation sites excluding steroid dienone is 1. The molecule has 0 radical (unpaired) electrons. The first-order valence-corrected chi connectivity index (χ1v) is 19.9. The maximum Gasteiger partial charge on any atom is 0.0537 e. The van der Waals surface area contributed by atoms with Crippen molar-refractivity contribution in [2.75, 3.05) is 4.90 Å². The van der Waals surface area contributed by atoms with Crippen LogP contribution in [0.25, 0.3) is 56.0 Å². The van der Waals surface area contributed by atoms with Gasteiger partial charge in [0.05, 0.1) is 11.2 Å². The Hall–Kier alpha value is -6.38. The van der Waals surface area contributed by atoms with Gasteiger partial charge in [-0.15, -0.1) is 0 Å². The van der Waals surface area contributed by atoms with Crippen molar-refractivity contribution in [1.29, 1.82) is 0 Å². The summed E-state index contributed by atoms with van der Waals surface area (Å²) in [6.45, 7) is 13.9. The molecule has 2 aliphatic rings. The molecule has 7 aromatic carbocycles. The van der Waals surface area contributed by atoms with Gasteiger partial charge >= 0.3 is 0 Å². The standard InChI is InChI=1S/C54H46N2/c1-35(32-52-36(2)42-18-12-15-23-51(42)56(52)39-16-8-7-9-17-39)55(41-29-30-45-43-19-10-13-21-47(43)54(5,6)50(45)34-41)40-27-24-37(25-28-40)38-26-31-49-46(33-38)44-20-11-14-22-48(44)53(49,3)4/h7-34H,1-6H3/b35-32+. The molecule has 272 valence electrons. The summed E-state index contributed by atoms with van der Waals surface area (Å²) in [4.78, 5) is 2.44. The van der Waals surface area contributed by atoms with Crippen molar-refractivity contribution >= 4 is 28.4 Å². The van der Waals surface area contributed by atoms with Crippen LogP contribution in [0, 0.1) is 6.92 Å². The number of aryl methyl sites for hydroxylation is 1. The molecule has 0 spiro atoms. The summed E-state index contributed by atoms with van der Waals surface area (Å²) >= 11 is 0. The van der Waals surface area contributed by atoms with Crippen molar-refractivity contribution in [2.45, 2.75) is 52.4 Å². The van der Waals surface area contributed by atoms with Gasteiger partial charge in [0.2, 0.25) is 0 Å². The zero-order valence-corrected chi connectivity index (χ0v) is 33.1. The van der Waals surface area contributed by atoms with Crippen molar-refractivity contribution < 1.29 is 0 Å². The van der Waals surface area contributed by atoms with Crippen LogP contribution in [0.1, 0.15) is 68.1 Å². The molecule has 10 rings (SSSR count). The number of fused-ring (bicyclic) bond motifs is 7. The van der Waals surface area contributed by atoms with Crippen LogP contribution in [0.15, 0.2) is 169 Å². The highest BCUT2D eigenvalue weighted by atomic mass is 15.1. The summed E-state index contributed by atoms with van der Waals surface area (Å²) in [5, 5.41) is 1.27. The Morgan fingerprint density at radius 2 is 1.05 bits per heavy atom. The van der Waals surface area contributed by atoms with Gasteiger partial charge in [0.25, 0.3) is 0 Å². The molecule has 8 aromatic rings. The number of para-hydroxylation sites is 2. The summed E-state index contributed by atoms with van der Waals surface area (Å²) in [5.74, 6) is 0. The Bertz CT molecular complexity index is 2860. The Balaban J connectivity index is 1.12. The summed E-state index contributed by atoms with van der Waals surface area (Å²) in [5.41, 5.74) is 21.5. The maximum atomic E-state index is 2.44. The Morgan fingerprint density at radius 1 is 0.500 bits per heavy atom. The number of aromatic nitrogens is 1. The van der Waals surface area contributed by atoms with E-state index in [2.05, 4.69) is 221 Å². The van der Waals surface area contributed by atoms with E-state index in [0.29, 0.717) is 0 Å². The summed E-state index contributed by atoms with van der Waals surface area (Å²) < 4.78 is 2.41. The van der Waals surface area contributed by atoms with Crippen molar-refractivity contribution in [3.63, 3.8) is 0 Å². The van der Waals surface area contributed by atoms with Crippen molar-refractivity contribution in [1.82, 2.24) is 4.57 Å². The van der Waals surface area contributed by atoms with Crippen LogP contribution in [0.3, 0.4) is 0 Å². The van der Waals surface area contributed by atoms with Gasteiger partial charge in [0, 0.05) is 39.0 Å². The van der Waals surface area contributed by atoms with Gasteiger partial charge in [-0.2, -0.15) is 0 Å². The Labute approximate surface area is 331 Å². The van der Waals surface area contributed by atoms with Crippen LogP contribution in [0.5, 0.6) is 0 Å². The lowest BCUT2D eigenvalue weighted by molar-refractivity contribution is 0.660. The lowest BCUT2D eigenvalue weighted by atomic mass is 9.82. The highest BCUT2D eigenvalue weighted by Crippen LogP contribution is 2.51. The first-order chi connectivity index (χ1) is 27.1. The number of hydrogen-bond acceptors (Lipinski definition) is 1. The van der Waals surface area contributed by atoms with Gasteiger partial charge in [-0.05, 0) is 130 Å². The minimum Gasteiger partial charge on any atom is -0.314 e. The van der Waals surface area contributed by atoms with E-state index < -0.39 is 0 Å². The molecule has 0 fully saturated rings. The lowest BCUT2D eigenvalue weighted by Crippen LogP contribution is -2.18. The third-order valence-electron chi connectivity index (χ3n) is 12.8. The molecule has 2 heteroatoms. The second-order valence-electron chi connectivity index (χ2n) is 16.7.